The van der Waals surface area contributed by atoms with Crippen molar-refractivity contribution in [3.8, 4) is 22.6 Å². The number of carbonyl (C=O) groups excluding carboxylic acids is 1. The Morgan fingerprint density at radius 3 is 2.00 bits per heavy atom. The molecule has 0 saturated heterocycles. The summed E-state index contributed by atoms with van der Waals surface area (Å²) in [5.74, 6) is -0.219. The third-order valence-electron chi connectivity index (χ3n) is 5.89. The van der Waals surface area contributed by atoms with Gasteiger partial charge in [-0.3, -0.25) is 4.79 Å². The van der Waals surface area contributed by atoms with E-state index in [4.69, 9.17) is 0 Å². The Kier molecular flexibility index (Phi) is 8.06. The highest BCUT2D eigenvalue weighted by molar-refractivity contribution is 5.99. The van der Waals surface area contributed by atoms with Gasteiger partial charge < -0.3 is 15.0 Å². The Balaban J connectivity index is 2.19. The summed E-state index contributed by atoms with van der Waals surface area (Å²) in [6, 6.07) is 11.6. The lowest BCUT2D eigenvalue weighted by Gasteiger charge is -2.32. The van der Waals surface area contributed by atoms with E-state index in [1.54, 1.807) is 48.7 Å². The molecular weight excluding hydrogens is 500 g/mol. The standard InChI is InChI=1S/C26H27F6N3O2/c1-4-5-15-33-23(36)21-20(17-9-7-6-8-10-17)34-22(35(21)16(2)3)18-11-13-19(14-12-18)24(37,25(27,28)29)26(30,31)32/h6-14,16,37H,4-5,15H2,1-3H3,(H,33,36). The van der Waals surface area contributed by atoms with Crippen LogP contribution in [0, 0.1) is 0 Å². The molecule has 2 aromatic carbocycles. The second-order valence-corrected chi connectivity index (χ2v) is 8.86. The zero-order valence-electron chi connectivity index (χ0n) is 20.4. The fourth-order valence-electron chi connectivity index (χ4n) is 3.96. The minimum Gasteiger partial charge on any atom is -0.369 e. The molecule has 0 fully saturated rings. The molecule has 5 nitrogen and oxygen atoms in total. The number of hydrogen-bond donors (Lipinski definition) is 2. The smallest absolute Gasteiger partial charge is 0.369 e. The lowest BCUT2D eigenvalue weighted by atomic mass is 9.91. The highest BCUT2D eigenvalue weighted by atomic mass is 19.4. The molecule has 0 bridgehead atoms. The van der Waals surface area contributed by atoms with Gasteiger partial charge in [-0.25, -0.2) is 4.98 Å². The van der Waals surface area contributed by atoms with Crippen molar-refractivity contribution in [3.63, 3.8) is 0 Å². The van der Waals surface area contributed by atoms with Crippen LogP contribution in [0.1, 0.15) is 55.7 Å². The molecule has 1 aromatic heterocycles. The van der Waals surface area contributed by atoms with E-state index in [-0.39, 0.29) is 23.1 Å². The van der Waals surface area contributed by atoms with Crippen LogP contribution in [0.25, 0.3) is 22.6 Å². The van der Waals surface area contributed by atoms with Crippen LogP contribution in [0.15, 0.2) is 54.6 Å². The number of benzene rings is 2. The first-order chi connectivity index (χ1) is 17.2. The predicted octanol–water partition coefficient (Wildman–Crippen LogP) is 6.64. The zero-order chi connectivity index (χ0) is 27.6. The van der Waals surface area contributed by atoms with Crippen LogP contribution in [0.2, 0.25) is 0 Å². The molecule has 0 unspecified atom stereocenters. The second kappa shape index (κ2) is 10.6. The van der Waals surface area contributed by atoms with Crippen LogP contribution < -0.4 is 5.32 Å². The van der Waals surface area contributed by atoms with E-state index in [9.17, 15) is 36.2 Å². The van der Waals surface area contributed by atoms with Gasteiger partial charge in [-0.2, -0.15) is 26.3 Å². The van der Waals surface area contributed by atoms with Crippen molar-refractivity contribution in [1.29, 1.82) is 0 Å². The minimum absolute atomic E-state index is 0.175. The van der Waals surface area contributed by atoms with E-state index in [0.29, 0.717) is 29.9 Å². The first kappa shape index (κ1) is 28.2. The lowest BCUT2D eigenvalue weighted by Crippen LogP contribution is -2.53. The number of unbranched alkanes of at least 4 members (excludes halogenated alkanes) is 1. The minimum atomic E-state index is -5.99. The Labute approximate surface area is 210 Å². The summed E-state index contributed by atoms with van der Waals surface area (Å²) in [5, 5.41) is 12.6. The summed E-state index contributed by atoms with van der Waals surface area (Å²) in [6.07, 6.45) is -10.4. The third-order valence-corrected chi connectivity index (χ3v) is 5.89. The van der Waals surface area contributed by atoms with Gasteiger partial charge in [-0.05, 0) is 20.3 Å². The summed E-state index contributed by atoms with van der Waals surface area (Å²) in [5.41, 5.74) is -5.08. The molecule has 0 aliphatic heterocycles. The van der Waals surface area contributed by atoms with Gasteiger partial charge >= 0.3 is 12.4 Å². The van der Waals surface area contributed by atoms with Gasteiger partial charge in [0.05, 0.1) is 0 Å². The molecular formula is C26H27F6N3O2. The van der Waals surface area contributed by atoms with Gasteiger partial charge in [0.1, 0.15) is 17.2 Å². The normalized spacial score (nSPS) is 12.7. The topological polar surface area (TPSA) is 67.2 Å². The summed E-state index contributed by atoms with van der Waals surface area (Å²) in [4.78, 5) is 17.8. The highest BCUT2D eigenvalue weighted by Gasteiger charge is 2.71. The highest BCUT2D eigenvalue weighted by Crippen LogP contribution is 2.50. The molecule has 1 amide bonds. The number of halogens is 6. The van der Waals surface area contributed by atoms with Gasteiger partial charge in [0.25, 0.3) is 11.5 Å². The molecule has 3 aromatic rings. The number of aromatic nitrogens is 2. The van der Waals surface area contributed by atoms with E-state index in [1.165, 1.54) is 0 Å². The number of nitrogens with zero attached hydrogens (tertiary/aromatic N) is 2. The number of imidazole rings is 1. The summed E-state index contributed by atoms with van der Waals surface area (Å²) < 4.78 is 81.4. The quantitative estimate of drug-likeness (QED) is 0.255. The van der Waals surface area contributed by atoms with Crippen molar-refractivity contribution in [2.24, 2.45) is 0 Å². The maximum Gasteiger partial charge on any atom is 0.430 e. The fraction of sp³-hybridized carbons (Fsp3) is 0.385. The molecule has 3 rings (SSSR count). The number of rotatable bonds is 8. The van der Waals surface area contributed by atoms with Crippen molar-refractivity contribution < 1.29 is 36.2 Å². The molecule has 0 saturated carbocycles. The number of hydrogen-bond acceptors (Lipinski definition) is 3. The fourth-order valence-corrected chi connectivity index (χ4v) is 3.96. The van der Waals surface area contributed by atoms with Crippen LogP contribution >= 0.6 is 0 Å². The van der Waals surface area contributed by atoms with E-state index in [2.05, 4.69) is 10.3 Å². The maximum absolute atomic E-state index is 13.3. The monoisotopic (exact) mass is 527 g/mol. The number of carbonyl (C=O) groups is 1. The van der Waals surface area contributed by atoms with E-state index in [0.717, 1.165) is 25.0 Å². The van der Waals surface area contributed by atoms with Crippen molar-refractivity contribution in [2.45, 2.75) is 57.6 Å². The molecule has 0 spiro atoms. The second-order valence-electron chi connectivity index (χ2n) is 8.86. The van der Waals surface area contributed by atoms with E-state index < -0.39 is 29.4 Å². The molecule has 0 atom stereocenters. The predicted molar refractivity (Wildman–Crippen MR) is 127 cm³/mol. The lowest BCUT2D eigenvalue weighted by molar-refractivity contribution is -0.376. The number of alkyl halides is 6. The Morgan fingerprint density at radius 2 is 1.51 bits per heavy atom. The number of aliphatic hydroxyl groups is 1. The van der Waals surface area contributed by atoms with Crippen LogP contribution in [0.5, 0.6) is 0 Å². The van der Waals surface area contributed by atoms with Crippen molar-refractivity contribution in [2.75, 3.05) is 6.54 Å². The van der Waals surface area contributed by atoms with E-state index in [1.807, 2.05) is 6.92 Å². The maximum atomic E-state index is 13.3. The summed E-state index contributed by atoms with van der Waals surface area (Å²) in [6.45, 7) is 5.96. The first-order valence-corrected chi connectivity index (χ1v) is 11.7. The molecule has 0 aliphatic carbocycles. The average Bonchev–Trinajstić information content (AvgIpc) is 3.24. The Bertz CT molecular complexity index is 1200. The molecule has 1 heterocycles. The Hall–Kier alpha value is -3.34. The first-order valence-electron chi connectivity index (χ1n) is 11.7. The molecule has 0 radical (unpaired) electrons. The van der Waals surface area contributed by atoms with Gasteiger partial charge in [0.15, 0.2) is 0 Å². The average molecular weight is 528 g/mol. The van der Waals surface area contributed by atoms with Crippen LogP contribution in [-0.2, 0) is 5.60 Å². The molecule has 2 N–H and O–H groups in total. The molecule has 200 valence electrons. The van der Waals surface area contributed by atoms with Crippen LogP contribution in [-0.4, -0.2) is 39.5 Å². The SMILES string of the molecule is CCCCNC(=O)c1c(-c2ccccc2)nc(-c2ccc(C(O)(C(F)(F)F)C(F)(F)F)cc2)n1C(C)C. The zero-order valence-corrected chi connectivity index (χ0v) is 20.4. The van der Waals surface area contributed by atoms with Gasteiger partial charge in [0, 0.05) is 29.3 Å². The van der Waals surface area contributed by atoms with Crippen LogP contribution in [0.4, 0.5) is 26.3 Å². The van der Waals surface area contributed by atoms with Crippen molar-refractivity contribution in [1.82, 2.24) is 14.9 Å². The number of amides is 1. The van der Waals surface area contributed by atoms with Crippen LogP contribution in [0.3, 0.4) is 0 Å². The number of nitrogens with one attached hydrogen (secondary N) is 1. The van der Waals surface area contributed by atoms with Crippen molar-refractivity contribution in [3.05, 3.63) is 65.9 Å². The summed E-state index contributed by atoms with van der Waals surface area (Å²) in [7, 11) is 0. The van der Waals surface area contributed by atoms with Gasteiger partial charge in [0.2, 0.25) is 0 Å². The van der Waals surface area contributed by atoms with Gasteiger partial charge in [-0.15, -0.1) is 0 Å². The Morgan fingerprint density at radius 1 is 0.946 bits per heavy atom. The molecule has 0 aliphatic rings. The van der Waals surface area contributed by atoms with Crippen molar-refractivity contribution >= 4 is 5.91 Å². The third kappa shape index (κ3) is 5.36. The molecule has 37 heavy (non-hydrogen) atoms. The van der Waals surface area contributed by atoms with Gasteiger partial charge in [-0.1, -0.05) is 67.9 Å². The van der Waals surface area contributed by atoms with E-state index >= 15 is 0 Å². The molecule has 11 heteroatoms. The summed E-state index contributed by atoms with van der Waals surface area (Å²) >= 11 is 0. The largest absolute Gasteiger partial charge is 0.430 e.